The maximum Gasteiger partial charge on any atom is 0.160 e. The summed E-state index contributed by atoms with van der Waals surface area (Å²) in [6.07, 6.45) is 2.73. The van der Waals surface area contributed by atoms with Crippen LogP contribution < -0.4 is 0 Å². The minimum Gasteiger partial charge on any atom is -0.393 e. The second kappa shape index (κ2) is 12.5. The summed E-state index contributed by atoms with van der Waals surface area (Å²) in [5, 5.41) is 22.7. The van der Waals surface area contributed by atoms with Gasteiger partial charge in [0.2, 0.25) is 0 Å². The van der Waals surface area contributed by atoms with Crippen molar-refractivity contribution in [1.29, 1.82) is 0 Å². The molecule has 4 unspecified atom stereocenters. The Bertz CT molecular complexity index is 739. The summed E-state index contributed by atoms with van der Waals surface area (Å²) in [7, 11) is 0. The highest BCUT2D eigenvalue weighted by atomic mass is 16.7. The normalized spacial score (nSPS) is 43.3. The minimum atomic E-state index is -0.299. The molecule has 0 bridgehead atoms. The zero-order valence-electron chi connectivity index (χ0n) is 29.1. The van der Waals surface area contributed by atoms with E-state index in [4.69, 9.17) is 18.9 Å². The number of aliphatic hydroxyl groups is 2. The lowest BCUT2D eigenvalue weighted by molar-refractivity contribution is -0.279. The van der Waals surface area contributed by atoms with Crippen LogP contribution in [-0.4, -0.2) is 61.4 Å². The van der Waals surface area contributed by atoms with Gasteiger partial charge in [0.15, 0.2) is 12.6 Å². The molecule has 4 rings (SSSR count). The molecule has 0 spiro atoms. The maximum atomic E-state index is 11.3. The zero-order valence-corrected chi connectivity index (χ0v) is 29.1. The molecular formula is C36H66O6. The average Bonchev–Trinajstić information content (AvgIpc) is 2.86. The molecule has 4 aliphatic rings. The molecule has 2 saturated carbocycles. The predicted octanol–water partition coefficient (Wildman–Crippen LogP) is 7.16. The Morgan fingerprint density at radius 1 is 0.381 bits per heavy atom. The van der Waals surface area contributed by atoms with Gasteiger partial charge in [0.25, 0.3) is 0 Å². The van der Waals surface area contributed by atoms with Gasteiger partial charge in [-0.1, -0.05) is 83.1 Å². The van der Waals surface area contributed by atoms with E-state index in [1.807, 2.05) is 0 Å². The van der Waals surface area contributed by atoms with Gasteiger partial charge >= 0.3 is 0 Å². The standard InChI is InChI=1S/C36H66O6/c1-33(2,3)25-13-21(14-26(29(25)37)34(4,5)6)31-39-17-23(18-40-31)24-19-41-32(42-20-24)22-15-27(35(7,8)9)30(38)28(16-22)36(10,11)12/h21-32,37-38H,13-20H2,1-12H3. The Hall–Kier alpha value is -0.240. The molecule has 6 heteroatoms. The molecule has 2 aliphatic carbocycles. The molecule has 246 valence electrons. The molecule has 2 heterocycles. The van der Waals surface area contributed by atoms with Gasteiger partial charge in [-0.2, -0.15) is 0 Å². The van der Waals surface area contributed by atoms with Crippen LogP contribution in [0.5, 0.6) is 0 Å². The third-order valence-corrected chi connectivity index (χ3v) is 11.7. The van der Waals surface area contributed by atoms with Crippen LogP contribution in [0.2, 0.25) is 0 Å². The van der Waals surface area contributed by atoms with Crippen molar-refractivity contribution in [3.8, 4) is 0 Å². The summed E-state index contributed by atoms with van der Waals surface area (Å²) in [6, 6.07) is 0. The van der Waals surface area contributed by atoms with Crippen LogP contribution in [-0.2, 0) is 18.9 Å². The Balaban J connectivity index is 1.33. The maximum absolute atomic E-state index is 11.3. The van der Waals surface area contributed by atoms with Crippen LogP contribution >= 0.6 is 0 Å². The predicted molar refractivity (Wildman–Crippen MR) is 168 cm³/mol. The Morgan fingerprint density at radius 3 is 0.786 bits per heavy atom. The molecule has 0 aromatic carbocycles. The lowest BCUT2D eigenvalue weighted by Crippen LogP contribution is -2.53. The largest absolute Gasteiger partial charge is 0.393 e. The van der Waals surface area contributed by atoms with Gasteiger partial charge in [0, 0.05) is 23.7 Å². The fourth-order valence-corrected chi connectivity index (χ4v) is 8.68. The summed E-state index contributed by atoms with van der Waals surface area (Å²) < 4.78 is 25.8. The van der Waals surface area contributed by atoms with Crippen molar-refractivity contribution in [2.24, 2.45) is 69.0 Å². The smallest absolute Gasteiger partial charge is 0.160 e. The van der Waals surface area contributed by atoms with Crippen LogP contribution in [0.4, 0.5) is 0 Å². The highest BCUT2D eigenvalue weighted by Crippen LogP contribution is 2.51. The van der Waals surface area contributed by atoms with Gasteiger partial charge in [-0.25, -0.2) is 0 Å². The second-order valence-corrected chi connectivity index (χ2v) is 18.9. The second-order valence-electron chi connectivity index (χ2n) is 18.9. The molecule has 2 saturated heterocycles. The summed E-state index contributed by atoms with van der Waals surface area (Å²) in [6.45, 7) is 29.7. The van der Waals surface area contributed by atoms with Crippen molar-refractivity contribution in [1.82, 2.24) is 0 Å². The molecular weight excluding hydrogens is 528 g/mol. The third-order valence-electron chi connectivity index (χ3n) is 11.7. The van der Waals surface area contributed by atoms with Crippen molar-refractivity contribution in [3.05, 3.63) is 0 Å². The first kappa shape index (κ1) is 34.6. The van der Waals surface area contributed by atoms with E-state index in [-0.39, 0.29) is 82.0 Å². The highest BCUT2D eigenvalue weighted by Gasteiger charge is 2.51. The van der Waals surface area contributed by atoms with Crippen LogP contribution in [0.15, 0.2) is 0 Å². The van der Waals surface area contributed by atoms with E-state index in [2.05, 4.69) is 83.1 Å². The molecule has 0 amide bonds. The van der Waals surface area contributed by atoms with Crippen molar-refractivity contribution in [3.63, 3.8) is 0 Å². The Labute approximate surface area is 258 Å². The Morgan fingerprint density at radius 2 is 0.595 bits per heavy atom. The van der Waals surface area contributed by atoms with E-state index in [0.29, 0.717) is 38.3 Å². The van der Waals surface area contributed by atoms with Crippen molar-refractivity contribution in [2.75, 3.05) is 26.4 Å². The van der Waals surface area contributed by atoms with E-state index in [0.717, 1.165) is 25.7 Å². The van der Waals surface area contributed by atoms with Crippen molar-refractivity contribution in [2.45, 2.75) is 134 Å². The van der Waals surface area contributed by atoms with E-state index in [1.165, 1.54) is 0 Å². The number of hydrogen-bond donors (Lipinski definition) is 2. The number of rotatable bonds is 3. The van der Waals surface area contributed by atoms with Crippen LogP contribution in [0, 0.1) is 69.0 Å². The van der Waals surface area contributed by atoms with Gasteiger partial charge in [-0.15, -0.1) is 0 Å². The van der Waals surface area contributed by atoms with E-state index < -0.39 is 0 Å². The first-order valence-corrected chi connectivity index (χ1v) is 17.0. The van der Waals surface area contributed by atoms with Gasteiger partial charge in [0.1, 0.15) is 0 Å². The fourth-order valence-electron chi connectivity index (χ4n) is 8.68. The summed E-state index contributed by atoms with van der Waals surface area (Å²) in [5.41, 5.74) is 0.120. The fraction of sp³-hybridized carbons (Fsp3) is 1.00. The van der Waals surface area contributed by atoms with Crippen LogP contribution in [0.1, 0.15) is 109 Å². The molecule has 0 aromatic heterocycles. The minimum absolute atomic E-state index is 0.0301. The first-order valence-electron chi connectivity index (χ1n) is 17.0. The molecule has 2 aliphatic heterocycles. The number of aliphatic hydroxyl groups excluding tert-OH is 2. The highest BCUT2D eigenvalue weighted by molar-refractivity contribution is 4.98. The molecule has 0 aromatic rings. The van der Waals surface area contributed by atoms with Gasteiger partial charge < -0.3 is 29.2 Å². The van der Waals surface area contributed by atoms with Crippen LogP contribution in [0.3, 0.4) is 0 Å². The molecule has 42 heavy (non-hydrogen) atoms. The summed E-state index contributed by atoms with van der Waals surface area (Å²) >= 11 is 0. The van der Waals surface area contributed by atoms with Crippen molar-refractivity contribution >= 4 is 0 Å². The SMILES string of the molecule is CC(C)(C)C1CC(C2OCC(C3COC(C4CC(C(C)(C)C)C(O)C(C(C)(C)C)C4)OC3)CO2)CC(C(C)(C)C)C1O. The summed E-state index contributed by atoms with van der Waals surface area (Å²) in [5.74, 6) is 1.98. The topological polar surface area (TPSA) is 77.4 Å². The van der Waals surface area contributed by atoms with Gasteiger partial charge in [-0.3, -0.25) is 0 Å². The molecule has 6 nitrogen and oxygen atoms in total. The lowest BCUT2D eigenvalue weighted by Gasteiger charge is -2.52. The summed E-state index contributed by atoms with van der Waals surface area (Å²) in [4.78, 5) is 0. The monoisotopic (exact) mass is 594 g/mol. The Kier molecular flexibility index (Phi) is 10.3. The van der Waals surface area contributed by atoms with E-state index >= 15 is 0 Å². The van der Waals surface area contributed by atoms with E-state index in [1.54, 1.807) is 0 Å². The average molecular weight is 595 g/mol. The van der Waals surface area contributed by atoms with Crippen LogP contribution in [0.25, 0.3) is 0 Å². The zero-order chi connectivity index (χ0) is 31.4. The lowest BCUT2D eigenvalue weighted by atomic mass is 9.58. The van der Waals surface area contributed by atoms with Gasteiger partial charge in [-0.05, 0) is 71.0 Å². The quantitative estimate of drug-likeness (QED) is 0.361. The third kappa shape index (κ3) is 7.76. The van der Waals surface area contributed by atoms with Crippen molar-refractivity contribution < 1.29 is 29.2 Å². The molecule has 4 atom stereocenters. The molecule has 0 radical (unpaired) electrons. The molecule has 4 fully saturated rings. The number of hydrogen-bond acceptors (Lipinski definition) is 6. The number of ether oxygens (including phenoxy) is 4. The van der Waals surface area contributed by atoms with Gasteiger partial charge in [0.05, 0.1) is 38.6 Å². The van der Waals surface area contributed by atoms with E-state index in [9.17, 15) is 10.2 Å². The molecule has 2 N–H and O–H groups in total. The first-order chi connectivity index (χ1) is 19.2.